The third-order valence-electron chi connectivity index (χ3n) is 7.13. The molecule has 7 rings (SSSR count). The molecule has 0 saturated heterocycles. The predicted molar refractivity (Wildman–Crippen MR) is 160 cm³/mol. The summed E-state index contributed by atoms with van der Waals surface area (Å²) in [6.45, 7) is 0. The van der Waals surface area contributed by atoms with E-state index in [1.807, 2.05) is 24.3 Å². The Morgan fingerprint density at radius 1 is 0.474 bits per heavy atom. The van der Waals surface area contributed by atoms with Crippen LogP contribution in [0, 0.1) is 0 Å². The van der Waals surface area contributed by atoms with Gasteiger partial charge in [-0.05, 0) is 41.5 Å². The van der Waals surface area contributed by atoms with Gasteiger partial charge in [0, 0.05) is 33.1 Å². The Hall–Kier alpha value is -4.89. The number of hydrogen-bond donors (Lipinski definition) is 0. The van der Waals surface area contributed by atoms with Gasteiger partial charge in [0.05, 0.1) is 16.9 Å². The van der Waals surface area contributed by atoms with E-state index < -0.39 is 0 Å². The zero-order valence-electron chi connectivity index (χ0n) is 20.8. The third-order valence-corrected chi connectivity index (χ3v) is 7.13. The van der Waals surface area contributed by atoms with Gasteiger partial charge in [0.2, 0.25) is 0 Å². The molecule has 176 valence electrons. The van der Waals surface area contributed by atoms with Crippen LogP contribution in [-0.4, -0.2) is 17.4 Å². The van der Waals surface area contributed by atoms with Crippen molar-refractivity contribution in [3.8, 4) is 39.3 Å². The van der Waals surface area contributed by atoms with Crippen molar-refractivity contribution in [2.45, 2.75) is 0 Å². The second-order valence-electron chi connectivity index (χ2n) is 9.50. The minimum atomic E-state index is 0.769. The smallest absolute Gasteiger partial charge is 0.116 e. The third kappa shape index (κ3) is 3.81. The first-order valence-electron chi connectivity index (χ1n) is 12.8. The fraction of sp³-hybridized carbons (Fsp3) is 0. The summed E-state index contributed by atoms with van der Waals surface area (Å²) in [6, 6.07) is 48.4. The number of aromatic nitrogens is 2. The van der Waals surface area contributed by atoms with Crippen LogP contribution in [0.1, 0.15) is 0 Å². The van der Waals surface area contributed by atoms with Gasteiger partial charge in [-0.3, -0.25) is 0 Å². The van der Waals surface area contributed by atoms with Crippen LogP contribution in [0.25, 0.3) is 61.1 Å². The van der Waals surface area contributed by atoms with Gasteiger partial charge in [0.25, 0.3) is 0 Å². The van der Waals surface area contributed by atoms with Crippen LogP contribution in [0.5, 0.6) is 0 Å². The lowest BCUT2D eigenvalue weighted by Gasteiger charge is -2.13. The van der Waals surface area contributed by atoms with Crippen molar-refractivity contribution in [3.05, 3.63) is 140 Å². The van der Waals surface area contributed by atoms with Crippen molar-refractivity contribution in [1.82, 2.24) is 9.55 Å². The Morgan fingerprint density at radius 2 is 1.05 bits per heavy atom. The van der Waals surface area contributed by atoms with Crippen LogP contribution in [-0.2, 0) is 0 Å². The number of benzene rings is 5. The highest BCUT2D eigenvalue weighted by Gasteiger charge is 2.15. The standard InChI is InChI=1S/C35H23BN2/c36-31-19-10-18-30-29-17-7-8-20-34(29)38(35(30)31)28-16-9-15-26(21-28)27-22-32(24-11-3-1-4-12-24)37-33(23-27)25-13-5-2-6-14-25/h1-23H. The van der Waals surface area contributed by atoms with Crippen molar-refractivity contribution in [3.63, 3.8) is 0 Å². The largest absolute Gasteiger partial charge is 0.310 e. The molecule has 0 bridgehead atoms. The van der Waals surface area contributed by atoms with Gasteiger partial charge < -0.3 is 4.57 Å². The summed E-state index contributed by atoms with van der Waals surface area (Å²) in [7, 11) is 6.55. The molecule has 0 aliphatic heterocycles. The second-order valence-corrected chi connectivity index (χ2v) is 9.50. The summed E-state index contributed by atoms with van der Waals surface area (Å²) in [5, 5.41) is 2.36. The molecule has 2 heterocycles. The Morgan fingerprint density at radius 3 is 1.76 bits per heavy atom. The number of pyridine rings is 1. The molecular weight excluding hydrogens is 459 g/mol. The fourth-order valence-electron chi connectivity index (χ4n) is 5.35. The van der Waals surface area contributed by atoms with Crippen molar-refractivity contribution >= 4 is 35.1 Å². The highest BCUT2D eigenvalue weighted by atomic mass is 15.0. The molecule has 38 heavy (non-hydrogen) atoms. The van der Waals surface area contributed by atoms with Gasteiger partial charge in [0.1, 0.15) is 7.85 Å². The monoisotopic (exact) mass is 482 g/mol. The minimum absolute atomic E-state index is 0.769. The molecule has 2 aromatic heterocycles. The lowest BCUT2D eigenvalue weighted by molar-refractivity contribution is 1.18. The lowest BCUT2D eigenvalue weighted by Crippen LogP contribution is -2.08. The van der Waals surface area contributed by atoms with Gasteiger partial charge in [-0.2, -0.15) is 0 Å². The summed E-state index contributed by atoms with van der Waals surface area (Å²) in [6.07, 6.45) is 0. The molecule has 0 amide bonds. The molecule has 2 nitrogen and oxygen atoms in total. The van der Waals surface area contributed by atoms with Crippen molar-refractivity contribution in [2.75, 3.05) is 0 Å². The van der Waals surface area contributed by atoms with E-state index in [0.717, 1.165) is 61.2 Å². The molecule has 7 aromatic rings. The maximum Gasteiger partial charge on any atom is 0.116 e. The fourth-order valence-corrected chi connectivity index (χ4v) is 5.35. The van der Waals surface area contributed by atoms with E-state index in [4.69, 9.17) is 12.8 Å². The van der Waals surface area contributed by atoms with Crippen LogP contribution in [0.4, 0.5) is 0 Å². The Balaban J connectivity index is 1.45. The van der Waals surface area contributed by atoms with E-state index in [1.165, 1.54) is 5.39 Å². The average molecular weight is 482 g/mol. The molecule has 0 atom stereocenters. The molecular formula is C35H23BN2. The Bertz CT molecular complexity index is 1860. The van der Waals surface area contributed by atoms with E-state index in [9.17, 15) is 0 Å². The molecule has 5 aromatic carbocycles. The molecule has 0 spiro atoms. The lowest BCUT2D eigenvalue weighted by atomic mass is 9.93. The molecule has 0 aliphatic rings. The Kier molecular flexibility index (Phi) is 5.41. The van der Waals surface area contributed by atoms with Gasteiger partial charge >= 0.3 is 0 Å². The first-order valence-corrected chi connectivity index (χ1v) is 12.8. The van der Waals surface area contributed by atoms with Crippen LogP contribution >= 0.6 is 0 Å². The zero-order valence-corrected chi connectivity index (χ0v) is 20.8. The van der Waals surface area contributed by atoms with E-state index in [1.54, 1.807) is 0 Å². The maximum absolute atomic E-state index is 6.55. The highest BCUT2D eigenvalue weighted by Crippen LogP contribution is 2.34. The van der Waals surface area contributed by atoms with E-state index in [0.29, 0.717) is 0 Å². The van der Waals surface area contributed by atoms with Crippen LogP contribution < -0.4 is 5.46 Å². The number of nitrogens with zero attached hydrogens (tertiary/aromatic N) is 2. The van der Waals surface area contributed by atoms with Gasteiger partial charge in [-0.15, -0.1) is 0 Å². The first kappa shape index (κ1) is 22.3. The quantitative estimate of drug-likeness (QED) is 0.233. The maximum atomic E-state index is 6.55. The average Bonchev–Trinajstić information content (AvgIpc) is 3.34. The molecule has 0 fully saturated rings. The predicted octanol–water partition coefficient (Wildman–Crippen LogP) is 7.97. The number of rotatable bonds is 4. The van der Waals surface area contributed by atoms with Crippen molar-refractivity contribution in [2.24, 2.45) is 0 Å². The molecule has 2 radical (unpaired) electrons. The summed E-state index contributed by atoms with van der Waals surface area (Å²) in [5.41, 5.74) is 10.4. The summed E-state index contributed by atoms with van der Waals surface area (Å²) in [5.74, 6) is 0. The van der Waals surface area contributed by atoms with Crippen LogP contribution in [0.3, 0.4) is 0 Å². The second kappa shape index (κ2) is 9.21. The summed E-state index contributed by atoms with van der Waals surface area (Å²) < 4.78 is 2.28. The first-order chi connectivity index (χ1) is 18.8. The summed E-state index contributed by atoms with van der Waals surface area (Å²) in [4.78, 5) is 5.04. The Labute approximate surface area is 223 Å². The number of para-hydroxylation sites is 2. The topological polar surface area (TPSA) is 17.8 Å². The van der Waals surface area contributed by atoms with E-state index >= 15 is 0 Å². The van der Waals surface area contributed by atoms with Crippen molar-refractivity contribution < 1.29 is 0 Å². The normalized spacial score (nSPS) is 11.3. The van der Waals surface area contributed by atoms with Crippen molar-refractivity contribution in [1.29, 1.82) is 0 Å². The molecule has 0 unspecified atom stereocenters. The van der Waals surface area contributed by atoms with E-state index in [2.05, 4.69) is 120 Å². The molecule has 0 saturated carbocycles. The van der Waals surface area contributed by atoms with Gasteiger partial charge in [-0.25, -0.2) is 4.98 Å². The van der Waals surface area contributed by atoms with E-state index in [-0.39, 0.29) is 0 Å². The van der Waals surface area contributed by atoms with Crippen LogP contribution in [0.2, 0.25) is 0 Å². The molecule has 3 heteroatoms. The highest BCUT2D eigenvalue weighted by molar-refractivity contribution is 6.40. The molecule has 0 N–H and O–H groups in total. The SMILES string of the molecule is [B]c1cccc2c3ccccc3n(-c3cccc(-c4cc(-c5ccccc5)nc(-c5ccccc5)c4)c3)c12. The summed E-state index contributed by atoms with van der Waals surface area (Å²) >= 11 is 0. The number of fused-ring (bicyclic) bond motifs is 3. The van der Waals surface area contributed by atoms with Crippen LogP contribution in [0.15, 0.2) is 140 Å². The number of hydrogen-bond acceptors (Lipinski definition) is 1. The minimum Gasteiger partial charge on any atom is -0.310 e. The zero-order chi connectivity index (χ0) is 25.5. The van der Waals surface area contributed by atoms with Gasteiger partial charge in [0.15, 0.2) is 0 Å². The molecule has 0 aliphatic carbocycles. The van der Waals surface area contributed by atoms with Gasteiger partial charge in [-0.1, -0.05) is 115 Å².